The lowest BCUT2D eigenvalue weighted by Gasteiger charge is -2.43. The van der Waals surface area contributed by atoms with Crippen molar-refractivity contribution >= 4 is 59.1 Å². The normalized spacial score (nSPS) is 23.8. The van der Waals surface area contributed by atoms with Gasteiger partial charge >= 0.3 is 23.9 Å². The quantitative estimate of drug-likeness (QED) is 0.262. The molecule has 0 saturated carbocycles. The van der Waals surface area contributed by atoms with Crippen LogP contribution in [0.2, 0.25) is 0 Å². The molecule has 1 aromatic heterocycles. The zero-order chi connectivity index (χ0) is 31.4. The monoisotopic (exact) mass is 614 g/mol. The smallest absolute Gasteiger partial charge is 0.303 e. The Balaban J connectivity index is 1.73. The lowest BCUT2D eigenvalue weighted by atomic mass is 9.91. The number of thioether (sulfide) groups is 1. The molecule has 228 valence electrons. The molecule has 1 aromatic carbocycles. The molecule has 1 N–H and O–H groups in total. The fourth-order valence-corrected chi connectivity index (χ4v) is 5.79. The van der Waals surface area contributed by atoms with Gasteiger partial charge < -0.3 is 28.8 Å². The van der Waals surface area contributed by atoms with Crippen molar-refractivity contribution in [1.82, 2.24) is 9.55 Å². The van der Waals surface area contributed by atoms with Crippen LogP contribution in [0.4, 0.5) is 0 Å². The Morgan fingerprint density at radius 1 is 0.953 bits per heavy atom. The van der Waals surface area contributed by atoms with Gasteiger partial charge in [0.1, 0.15) is 18.4 Å². The fraction of sp³-hybridized carbons (Fsp3) is 0.379. The van der Waals surface area contributed by atoms with Crippen LogP contribution < -0.4 is 0 Å². The highest BCUT2D eigenvalue weighted by Gasteiger charge is 2.53. The molecule has 0 bridgehead atoms. The van der Waals surface area contributed by atoms with Crippen LogP contribution in [0.1, 0.15) is 44.5 Å². The summed E-state index contributed by atoms with van der Waals surface area (Å²) < 4.78 is 28.9. The maximum atomic E-state index is 12.7. The average molecular weight is 615 g/mol. The van der Waals surface area contributed by atoms with Crippen molar-refractivity contribution in [2.45, 2.75) is 62.7 Å². The van der Waals surface area contributed by atoms with Crippen molar-refractivity contribution in [3.63, 3.8) is 0 Å². The van der Waals surface area contributed by atoms with Crippen LogP contribution in [0.15, 0.2) is 35.5 Å². The SMILES string of the molecule is CC(=O)OC[C@H]1O[C@@H](Sc2nc(/C=C3\C(=O)C=Cc4ccccc43)c(O)n2C)[C@H](OC(C)=O)[C@@H](OC(C)=O)[C@H]1OC(C)=O. The van der Waals surface area contributed by atoms with Gasteiger partial charge in [-0.05, 0) is 23.3 Å². The van der Waals surface area contributed by atoms with Crippen LogP contribution >= 0.6 is 11.8 Å². The second-order valence-electron chi connectivity index (χ2n) is 9.69. The molecular formula is C29H30N2O11S. The first-order valence-corrected chi connectivity index (χ1v) is 14.0. The number of allylic oxidation sites excluding steroid dienone is 2. The summed E-state index contributed by atoms with van der Waals surface area (Å²) in [7, 11) is 1.52. The van der Waals surface area contributed by atoms with Gasteiger partial charge in [0.25, 0.3) is 0 Å². The standard InChI is InChI=1S/C29H30N2O11S/c1-14(32)38-13-23-24(39-15(2)33)25(40-16(3)34)26(41-17(4)35)28(42-23)43-29-30-21(27(37)31(29)5)12-20-19-9-7-6-8-18(19)10-11-22(20)36/h6-12,23-26,28,37H,13H2,1-5H3/b20-12-/t23-,24+,25+,26-,28+/m1/s1. The van der Waals surface area contributed by atoms with E-state index in [0.29, 0.717) is 11.1 Å². The molecule has 13 nitrogen and oxygen atoms in total. The summed E-state index contributed by atoms with van der Waals surface area (Å²) in [5.41, 5.74) is 0.769. The zero-order valence-corrected chi connectivity index (χ0v) is 24.8. The van der Waals surface area contributed by atoms with Gasteiger partial charge in [0.05, 0.1) is 0 Å². The molecular weight excluding hydrogens is 584 g/mol. The predicted octanol–water partition coefficient (Wildman–Crippen LogP) is 2.44. The van der Waals surface area contributed by atoms with Crippen LogP contribution in [-0.2, 0) is 54.7 Å². The van der Waals surface area contributed by atoms with E-state index in [-0.39, 0.29) is 29.1 Å². The number of ether oxygens (including phenoxy) is 5. The van der Waals surface area contributed by atoms with Crippen LogP contribution in [0.25, 0.3) is 17.7 Å². The maximum absolute atomic E-state index is 12.7. The Morgan fingerprint density at radius 3 is 2.23 bits per heavy atom. The first kappa shape index (κ1) is 31.5. The van der Waals surface area contributed by atoms with Gasteiger partial charge in [-0.1, -0.05) is 42.1 Å². The molecule has 1 aliphatic carbocycles. The molecule has 1 aliphatic heterocycles. The molecule has 43 heavy (non-hydrogen) atoms. The van der Waals surface area contributed by atoms with E-state index >= 15 is 0 Å². The summed E-state index contributed by atoms with van der Waals surface area (Å²) in [6.07, 6.45) is -0.502. The molecule has 5 atom stereocenters. The Kier molecular flexibility index (Phi) is 9.71. The second kappa shape index (κ2) is 13.3. The molecule has 0 spiro atoms. The molecule has 0 radical (unpaired) electrons. The lowest BCUT2D eigenvalue weighted by Crippen LogP contribution is -2.61. The van der Waals surface area contributed by atoms with E-state index in [1.54, 1.807) is 18.2 Å². The minimum Gasteiger partial charge on any atom is -0.493 e. The van der Waals surface area contributed by atoms with Gasteiger partial charge in [0, 0.05) is 40.3 Å². The van der Waals surface area contributed by atoms with Gasteiger partial charge in [0.15, 0.2) is 34.7 Å². The maximum Gasteiger partial charge on any atom is 0.303 e. The third kappa shape index (κ3) is 7.32. The number of fused-ring (bicyclic) bond motifs is 1. The van der Waals surface area contributed by atoms with Crippen molar-refractivity contribution in [1.29, 1.82) is 0 Å². The first-order chi connectivity index (χ1) is 20.3. The number of imidazole rings is 1. The molecule has 14 heteroatoms. The van der Waals surface area contributed by atoms with Gasteiger partial charge in [0.2, 0.25) is 5.88 Å². The van der Waals surface area contributed by atoms with Crippen molar-refractivity contribution < 1.29 is 52.8 Å². The van der Waals surface area contributed by atoms with Crippen LogP contribution in [0, 0.1) is 0 Å². The highest BCUT2D eigenvalue weighted by molar-refractivity contribution is 7.99. The van der Waals surface area contributed by atoms with Crippen LogP contribution in [0.5, 0.6) is 5.88 Å². The summed E-state index contributed by atoms with van der Waals surface area (Å²) in [6.45, 7) is 4.20. The first-order valence-electron chi connectivity index (χ1n) is 13.1. The van der Waals surface area contributed by atoms with Crippen molar-refractivity contribution in [2.75, 3.05) is 6.61 Å². The number of carbonyl (C=O) groups excluding carboxylic acids is 5. The third-order valence-electron chi connectivity index (χ3n) is 6.43. The number of nitrogens with zero attached hydrogens (tertiary/aromatic N) is 2. The highest BCUT2D eigenvalue weighted by Crippen LogP contribution is 2.39. The summed E-state index contributed by atoms with van der Waals surface area (Å²) in [6, 6.07) is 7.28. The van der Waals surface area contributed by atoms with Gasteiger partial charge in [-0.25, -0.2) is 4.98 Å². The minimum atomic E-state index is -1.35. The number of aromatic hydroxyl groups is 1. The summed E-state index contributed by atoms with van der Waals surface area (Å²) in [4.78, 5) is 65.0. The molecule has 2 aliphatic rings. The predicted molar refractivity (Wildman–Crippen MR) is 151 cm³/mol. The van der Waals surface area contributed by atoms with E-state index in [1.165, 1.54) is 30.7 Å². The third-order valence-corrected chi connectivity index (χ3v) is 7.62. The molecule has 1 saturated heterocycles. The molecule has 4 rings (SSSR count). The number of hydrogen-bond acceptors (Lipinski definition) is 13. The van der Waals surface area contributed by atoms with E-state index in [9.17, 15) is 29.1 Å². The summed E-state index contributed by atoms with van der Waals surface area (Å²) in [5.74, 6) is -3.41. The van der Waals surface area contributed by atoms with E-state index in [4.69, 9.17) is 23.7 Å². The molecule has 1 fully saturated rings. The number of ketones is 1. The number of benzene rings is 1. The highest BCUT2D eigenvalue weighted by atomic mass is 32.2. The van der Waals surface area contributed by atoms with Gasteiger partial charge in [-0.2, -0.15) is 0 Å². The zero-order valence-electron chi connectivity index (χ0n) is 24.0. The Hall–Kier alpha value is -4.43. The van der Waals surface area contributed by atoms with Crippen molar-refractivity contribution in [3.8, 4) is 5.88 Å². The number of hydrogen-bond donors (Lipinski definition) is 1. The summed E-state index contributed by atoms with van der Waals surface area (Å²) >= 11 is 0.906. The Morgan fingerprint density at radius 2 is 1.58 bits per heavy atom. The molecule has 0 amide bonds. The number of rotatable bonds is 8. The topological polar surface area (TPSA) is 170 Å². The fourth-order valence-electron chi connectivity index (χ4n) is 4.64. The number of aromatic nitrogens is 2. The second-order valence-corrected chi connectivity index (χ2v) is 10.8. The van der Waals surface area contributed by atoms with Gasteiger partial charge in [-0.3, -0.25) is 28.5 Å². The van der Waals surface area contributed by atoms with E-state index in [0.717, 1.165) is 38.1 Å². The Labute approximate surface area is 250 Å². The largest absolute Gasteiger partial charge is 0.493 e. The van der Waals surface area contributed by atoms with E-state index in [2.05, 4.69) is 4.98 Å². The number of carbonyl (C=O) groups is 5. The van der Waals surface area contributed by atoms with Crippen LogP contribution in [-0.4, -0.2) is 80.8 Å². The Bertz CT molecular complexity index is 1510. The average Bonchev–Trinajstić information content (AvgIpc) is 3.19. The minimum absolute atomic E-state index is 0.0871. The molecule has 0 unspecified atom stereocenters. The van der Waals surface area contributed by atoms with Crippen molar-refractivity contribution in [2.24, 2.45) is 7.05 Å². The number of esters is 4. The van der Waals surface area contributed by atoms with E-state index in [1.807, 2.05) is 12.1 Å². The summed E-state index contributed by atoms with van der Waals surface area (Å²) in [5, 5.41) is 11.1. The van der Waals surface area contributed by atoms with Crippen LogP contribution in [0.3, 0.4) is 0 Å². The van der Waals surface area contributed by atoms with E-state index < -0.39 is 53.7 Å². The van der Waals surface area contributed by atoms with Crippen molar-refractivity contribution in [3.05, 3.63) is 47.2 Å². The molecule has 2 aromatic rings. The van der Waals surface area contributed by atoms with Gasteiger partial charge in [-0.15, -0.1) is 0 Å². The lowest BCUT2D eigenvalue weighted by molar-refractivity contribution is -0.237. The molecule has 2 heterocycles.